The summed E-state index contributed by atoms with van der Waals surface area (Å²) in [5.74, 6) is -12.8. The van der Waals surface area contributed by atoms with E-state index in [1.165, 1.54) is 20.8 Å². The number of aliphatic hydroxyl groups is 1. The van der Waals surface area contributed by atoms with E-state index in [4.69, 9.17) is 5.11 Å². The summed E-state index contributed by atoms with van der Waals surface area (Å²) in [5, 5.41) is 9.03. The SMILES string of the molecule is CCC(C)(C)C(=O)OC1(C)C(F)(F)OC(O)(C(F)(F)F)C1(F)F. The van der Waals surface area contributed by atoms with Gasteiger partial charge in [-0.1, -0.05) is 6.92 Å². The number of ether oxygens (including phenoxy) is 2. The number of rotatable bonds is 3. The van der Waals surface area contributed by atoms with E-state index in [0.717, 1.165) is 0 Å². The molecule has 1 fully saturated rings. The van der Waals surface area contributed by atoms with E-state index in [-0.39, 0.29) is 13.3 Å². The number of esters is 1. The molecule has 0 radical (unpaired) electrons. The van der Waals surface area contributed by atoms with Gasteiger partial charge in [0.1, 0.15) is 0 Å². The molecule has 0 aromatic heterocycles. The normalized spacial score (nSPS) is 33.6. The van der Waals surface area contributed by atoms with Crippen molar-refractivity contribution in [3.05, 3.63) is 0 Å². The van der Waals surface area contributed by atoms with Crippen LogP contribution >= 0.6 is 0 Å². The highest BCUT2D eigenvalue weighted by Gasteiger charge is 2.92. The highest BCUT2D eigenvalue weighted by molar-refractivity contribution is 5.76. The van der Waals surface area contributed by atoms with E-state index in [9.17, 15) is 35.5 Å². The van der Waals surface area contributed by atoms with Crippen molar-refractivity contribution in [3.8, 4) is 0 Å². The minimum Gasteiger partial charge on any atom is -0.443 e. The van der Waals surface area contributed by atoms with Gasteiger partial charge < -0.3 is 9.84 Å². The molecule has 0 aromatic carbocycles. The lowest BCUT2D eigenvalue weighted by Crippen LogP contribution is -2.64. The van der Waals surface area contributed by atoms with Crippen molar-refractivity contribution in [2.45, 2.75) is 63.7 Å². The zero-order valence-corrected chi connectivity index (χ0v) is 12.5. The van der Waals surface area contributed by atoms with Crippen LogP contribution in [0.5, 0.6) is 0 Å². The third-order valence-corrected chi connectivity index (χ3v) is 3.97. The number of carbonyl (C=O) groups is 1. The summed E-state index contributed by atoms with van der Waals surface area (Å²) in [7, 11) is 0. The molecule has 1 aliphatic heterocycles. The molecular formula is C12H15F7O4. The van der Waals surface area contributed by atoms with E-state index in [1.807, 2.05) is 0 Å². The lowest BCUT2D eigenvalue weighted by molar-refractivity contribution is -0.433. The molecule has 0 bridgehead atoms. The van der Waals surface area contributed by atoms with Crippen LogP contribution in [0.4, 0.5) is 30.7 Å². The molecule has 1 heterocycles. The summed E-state index contributed by atoms with van der Waals surface area (Å²) in [6, 6.07) is 0. The van der Waals surface area contributed by atoms with E-state index >= 15 is 0 Å². The molecule has 1 N–H and O–H groups in total. The highest BCUT2D eigenvalue weighted by Crippen LogP contribution is 2.62. The van der Waals surface area contributed by atoms with Gasteiger partial charge in [-0.15, -0.1) is 0 Å². The zero-order valence-electron chi connectivity index (χ0n) is 12.5. The molecule has 136 valence electrons. The summed E-state index contributed by atoms with van der Waals surface area (Å²) in [4.78, 5) is 11.8. The molecule has 11 heteroatoms. The maximum atomic E-state index is 14.0. The predicted molar refractivity (Wildman–Crippen MR) is 60.6 cm³/mol. The van der Waals surface area contributed by atoms with Crippen LogP contribution in [0, 0.1) is 5.41 Å². The van der Waals surface area contributed by atoms with Gasteiger partial charge in [-0.25, -0.2) is 0 Å². The van der Waals surface area contributed by atoms with Gasteiger partial charge in [0.15, 0.2) is 0 Å². The minimum absolute atomic E-state index is 0.0244. The fourth-order valence-electron chi connectivity index (χ4n) is 1.68. The Morgan fingerprint density at radius 1 is 1.17 bits per heavy atom. The van der Waals surface area contributed by atoms with Crippen LogP contribution in [-0.2, 0) is 14.3 Å². The van der Waals surface area contributed by atoms with Gasteiger partial charge in [-0.3, -0.25) is 9.53 Å². The Morgan fingerprint density at radius 3 is 1.91 bits per heavy atom. The standard InChI is InChI=1S/C12H15F7O4/c1-5-7(2,3)6(20)22-8(4)9(13,14)10(21,11(15,16)17)23-12(8,18)19/h21H,5H2,1-4H3. The second-order valence-electron chi connectivity index (χ2n) is 6.00. The minimum atomic E-state index is -6.26. The van der Waals surface area contributed by atoms with Crippen molar-refractivity contribution in [1.29, 1.82) is 0 Å². The van der Waals surface area contributed by atoms with Crippen LogP contribution in [0.1, 0.15) is 34.1 Å². The number of hydrogen-bond donors (Lipinski definition) is 1. The molecule has 4 nitrogen and oxygen atoms in total. The van der Waals surface area contributed by atoms with Gasteiger partial charge in [-0.05, 0) is 27.2 Å². The monoisotopic (exact) mass is 356 g/mol. The number of halogens is 7. The number of carbonyl (C=O) groups excluding carboxylic acids is 1. The Hall–Kier alpha value is -1.10. The van der Waals surface area contributed by atoms with Gasteiger partial charge >= 0.3 is 30.0 Å². The topological polar surface area (TPSA) is 55.8 Å². The second-order valence-corrected chi connectivity index (χ2v) is 6.00. The highest BCUT2D eigenvalue weighted by atomic mass is 19.4. The van der Waals surface area contributed by atoms with Crippen molar-refractivity contribution >= 4 is 5.97 Å². The molecule has 0 saturated carbocycles. The molecule has 1 saturated heterocycles. The second kappa shape index (κ2) is 4.95. The Morgan fingerprint density at radius 2 is 1.61 bits per heavy atom. The summed E-state index contributed by atoms with van der Waals surface area (Å²) in [6.07, 6.45) is -11.6. The first kappa shape index (κ1) is 19.9. The number of alkyl halides is 7. The third-order valence-electron chi connectivity index (χ3n) is 3.97. The molecule has 0 aromatic rings. The molecular weight excluding hydrogens is 341 g/mol. The van der Waals surface area contributed by atoms with E-state index in [2.05, 4.69) is 9.47 Å². The lowest BCUT2D eigenvalue weighted by Gasteiger charge is -2.37. The summed E-state index contributed by atoms with van der Waals surface area (Å²) in [6.45, 7) is 3.62. The summed E-state index contributed by atoms with van der Waals surface area (Å²) in [5.41, 5.74) is -5.87. The van der Waals surface area contributed by atoms with Crippen molar-refractivity contribution < 1.29 is 50.1 Å². The maximum Gasteiger partial charge on any atom is 0.450 e. The summed E-state index contributed by atoms with van der Waals surface area (Å²) < 4.78 is 100. The first-order chi connectivity index (χ1) is 9.90. The number of hydrogen-bond acceptors (Lipinski definition) is 4. The molecule has 2 unspecified atom stereocenters. The Balaban J connectivity index is 3.42. The molecule has 0 spiro atoms. The predicted octanol–water partition coefficient (Wildman–Crippen LogP) is 3.23. The average molecular weight is 356 g/mol. The van der Waals surface area contributed by atoms with Crippen LogP contribution in [-0.4, -0.2) is 40.7 Å². The molecule has 1 rings (SSSR count). The Bertz CT molecular complexity index is 502. The largest absolute Gasteiger partial charge is 0.450 e. The van der Waals surface area contributed by atoms with Crippen molar-refractivity contribution in [2.24, 2.45) is 5.41 Å². The van der Waals surface area contributed by atoms with Crippen molar-refractivity contribution in [2.75, 3.05) is 0 Å². The first-order valence-electron chi connectivity index (χ1n) is 6.38. The lowest BCUT2D eigenvalue weighted by atomic mass is 9.88. The fourth-order valence-corrected chi connectivity index (χ4v) is 1.68. The molecule has 1 aliphatic rings. The van der Waals surface area contributed by atoms with Crippen LogP contribution in [0.2, 0.25) is 0 Å². The summed E-state index contributed by atoms with van der Waals surface area (Å²) >= 11 is 0. The van der Waals surface area contributed by atoms with Crippen molar-refractivity contribution in [3.63, 3.8) is 0 Å². The van der Waals surface area contributed by atoms with Gasteiger partial charge in [-0.2, -0.15) is 30.7 Å². The van der Waals surface area contributed by atoms with E-state index < -0.39 is 41.0 Å². The quantitative estimate of drug-likeness (QED) is 0.623. The molecule has 2 atom stereocenters. The first-order valence-corrected chi connectivity index (χ1v) is 6.38. The van der Waals surface area contributed by atoms with Crippen molar-refractivity contribution in [1.82, 2.24) is 0 Å². The maximum absolute atomic E-state index is 14.0. The smallest absolute Gasteiger partial charge is 0.443 e. The van der Waals surface area contributed by atoms with Gasteiger partial charge in [0.05, 0.1) is 5.41 Å². The van der Waals surface area contributed by atoms with Crippen LogP contribution in [0.25, 0.3) is 0 Å². The Labute approximate surface area is 126 Å². The van der Waals surface area contributed by atoms with Gasteiger partial charge in [0, 0.05) is 0 Å². The van der Waals surface area contributed by atoms with Crippen LogP contribution < -0.4 is 0 Å². The molecule has 0 amide bonds. The van der Waals surface area contributed by atoms with E-state index in [0.29, 0.717) is 0 Å². The van der Waals surface area contributed by atoms with Gasteiger partial charge in [0.25, 0.3) is 5.60 Å². The molecule has 23 heavy (non-hydrogen) atoms. The third kappa shape index (κ3) is 2.48. The zero-order chi connectivity index (χ0) is 18.7. The van der Waals surface area contributed by atoms with Gasteiger partial charge in [0.2, 0.25) is 0 Å². The molecule has 0 aliphatic carbocycles. The van der Waals surface area contributed by atoms with E-state index in [1.54, 1.807) is 0 Å². The average Bonchev–Trinajstić information content (AvgIpc) is 2.45. The fraction of sp³-hybridized carbons (Fsp3) is 0.917. The Kier molecular flexibility index (Phi) is 4.29. The van der Waals surface area contributed by atoms with Crippen LogP contribution in [0.15, 0.2) is 0 Å². The van der Waals surface area contributed by atoms with Crippen LogP contribution in [0.3, 0.4) is 0 Å².